The molecule has 0 saturated carbocycles. The summed E-state index contributed by atoms with van der Waals surface area (Å²) in [6.07, 6.45) is -3.44. The Kier molecular flexibility index (Phi) is 9.25. The molecule has 1 saturated heterocycles. The van der Waals surface area contributed by atoms with Gasteiger partial charge in [-0.3, -0.25) is 9.59 Å². The Morgan fingerprint density at radius 2 is 1.69 bits per heavy atom. The number of halogens is 3. The van der Waals surface area contributed by atoms with Crippen LogP contribution in [-0.4, -0.2) is 55.3 Å². The highest BCUT2D eigenvalue weighted by Crippen LogP contribution is 2.38. The number of carbonyl (C=O) groups is 3. The first-order chi connectivity index (χ1) is 21.0. The Bertz CT molecular complexity index is 1780. The third kappa shape index (κ3) is 7.43. The van der Waals surface area contributed by atoms with E-state index in [9.17, 15) is 36.0 Å². The molecule has 14 heteroatoms. The number of benzene rings is 3. The van der Waals surface area contributed by atoms with Crippen molar-refractivity contribution in [3.8, 4) is 6.07 Å². The number of imide groups is 1. The molecule has 0 unspecified atom stereocenters. The molecule has 45 heavy (non-hydrogen) atoms. The van der Waals surface area contributed by atoms with E-state index in [1.807, 2.05) is 0 Å². The first kappa shape index (κ1) is 33.0. The fourth-order valence-electron chi connectivity index (χ4n) is 4.78. The van der Waals surface area contributed by atoms with Gasteiger partial charge >= 0.3 is 12.2 Å². The van der Waals surface area contributed by atoms with Crippen LogP contribution >= 0.6 is 0 Å². The van der Waals surface area contributed by atoms with Gasteiger partial charge in [0.15, 0.2) is 0 Å². The summed E-state index contributed by atoms with van der Waals surface area (Å²) in [7, 11) is -3.12. The van der Waals surface area contributed by atoms with Crippen molar-refractivity contribution < 1.29 is 36.0 Å². The predicted molar refractivity (Wildman–Crippen MR) is 161 cm³/mol. The lowest BCUT2D eigenvalue weighted by Crippen LogP contribution is -2.43. The molecule has 0 atom stereocenters. The van der Waals surface area contributed by atoms with Crippen LogP contribution in [-0.2, 0) is 27.4 Å². The van der Waals surface area contributed by atoms with Crippen LogP contribution in [0.5, 0.6) is 0 Å². The summed E-state index contributed by atoms with van der Waals surface area (Å²) in [6, 6.07) is 16.9. The maximum absolute atomic E-state index is 13.6. The average Bonchev–Trinajstić information content (AvgIpc) is 3.14. The Labute approximate surface area is 258 Å². The molecule has 0 spiro atoms. The zero-order valence-electron chi connectivity index (χ0n) is 24.6. The van der Waals surface area contributed by atoms with E-state index in [1.165, 1.54) is 24.8 Å². The van der Waals surface area contributed by atoms with Crippen LogP contribution in [0.2, 0.25) is 0 Å². The van der Waals surface area contributed by atoms with Gasteiger partial charge in [-0.25, -0.2) is 18.1 Å². The summed E-state index contributed by atoms with van der Waals surface area (Å²) in [5.74, 6) is -1.11. The third-order valence-electron chi connectivity index (χ3n) is 7.26. The van der Waals surface area contributed by atoms with Gasteiger partial charge in [-0.1, -0.05) is 18.2 Å². The molecule has 10 nitrogen and oxygen atoms in total. The number of para-hydroxylation sites is 1. The van der Waals surface area contributed by atoms with Crippen molar-refractivity contribution in [1.29, 1.82) is 5.26 Å². The van der Waals surface area contributed by atoms with E-state index < -0.39 is 44.6 Å². The van der Waals surface area contributed by atoms with Gasteiger partial charge in [-0.2, -0.15) is 18.4 Å². The highest BCUT2D eigenvalue weighted by Gasteiger charge is 2.52. The molecule has 1 aliphatic rings. The van der Waals surface area contributed by atoms with Crippen LogP contribution in [0.25, 0.3) is 0 Å². The van der Waals surface area contributed by atoms with Gasteiger partial charge in [0.05, 0.1) is 35.2 Å². The van der Waals surface area contributed by atoms with Gasteiger partial charge in [0.25, 0.3) is 11.8 Å². The minimum Gasteiger partial charge on any atom is -0.355 e. The Balaban J connectivity index is 1.51. The van der Waals surface area contributed by atoms with Crippen LogP contribution in [0.15, 0.2) is 66.7 Å². The minimum absolute atomic E-state index is 0.0314. The van der Waals surface area contributed by atoms with Crippen molar-refractivity contribution >= 4 is 44.7 Å². The molecule has 3 aromatic carbocycles. The molecule has 3 aromatic rings. The zero-order valence-corrected chi connectivity index (χ0v) is 25.4. The monoisotopic (exact) mass is 641 g/mol. The molecule has 0 aliphatic carbocycles. The molecule has 2 N–H and O–H groups in total. The molecule has 1 fully saturated rings. The summed E-state index contributed by atoms with van der Waals surface area (Å²) >= 11 is 0. The number of nitrogens with zero attached hydrogens (tertiary/aromatic N) is 3. The number of amides is 4. The zero-order chi connectivity index (χ0) is 33.2. The van der Waals surface area contributed by atoms with Crippen molar-refractivity contribution in [2.45, 2.75) is 38.5 Å². The predicted octanol–water partition coefficient (Wildman–Crippen LogP) is 5.23. The molecule has 236 valence electrons. The maximum Gasteiger partial charge on any atom is 0.417 e. The fraction of sp³-hybridized carbons (Fsp3) is 0.290. The van der Waals surface area contributed by atoms with E-state index in [0.29, 0.717) is 39.9 Å². The molecular formula is C31H30F3N5O5S. The molecule has 0 bridgehead atoms. The molecule has 4 amide bonds. The van der Waals surface area contributed by atoms with E-state index in [2.05, 4.69) is 10.6 Å². The Morgan fingerprint density at radius 3 is 2.31 bits per heavy atom. The highest BCUT2D eigenvalue weighted by molar-refractivity contribution is 7.90. The average molecular weight is 642 g/mol. The van der Waals surface area contributed by atoms with Gasteiger partial charge in [0.1, 0.15) is 15.4 Å². The third-order valence-corrected chi connectivity index (χ3v) is 8.29. The molecule has 4 rings (SSSR count). The van der Waals surface area contributed by atoms with Crippen LogP contribution in [0.1, 0.15) is 47.3 Å². The summed E-state index contributed by atoms with van der Waals surface area (Å²) in [5.41, 5.74) is -1.40. The summed E-state index contributed by atoms with van der Waals surface area (Å²) in [4.78, 5) is 41.3. The van der Waals surface area contributed by atoms with Crippen LogP contribution in [0.4, 0.5) is 35.0 Å². The lowest BCUT2D eigenvalue weighted by Gasteiger charge is -2.28. The number of anilines is 3. The number of rotatable bonds is 10. The molecule has 0 radical (unpaired) electrons. The second kappa shape index (κ2) is 12.6. The number of nitrogens with one attached hydrogen (secondary N) is 2. The molecular weight excluding hydrogens is 611 g/mol. The standard InChI is InChI=1S/C31H30F3N5O5S/c1-30(2)28(41)39(24-14-11-21(18-35)25(17-24)31(32,33)34)29(42)38(30)19-22-7-4-5-8-26(22)37-23-12-9-20(10-13-23)27(40)36-15-6-16-45(3,43)44/h4-5,7-14,17,37H,6,15-16,19H2,1-3H3,(H,36,40). The van der Waals surface area contributed by atoms with Crippen molar-refractivity contribution in [3.63, 3.8) is 0 Å². The lowest BCUT2D eigenvalue weighted by molar-refractivity contribution is -0.137. The van der Waals surface area contributed by atoms with E-state index >= 15 is 0 Å². The van der Waals surface area contributed by atoms with Gasteiger partial charge in [-0.05, 0) is 74.4 Å². The number of hydrogen-bond donors (Lipinski definition) is 2. The van der Waals surface area contributed by atoms with Crippen LogP contribution in [0.3, 0.4) is 0 Å². The smallest absolute Gasteiger partial charge is 0.355 e. The Hall–Kier alpha value is -4.90. The van der Waals surface area contributed by atoms with Gasteiger partial charge in [0.2, 0.25) is 0 Å². The van der Waals surface area contributed by atoms with Crippen molar-refractivity contribution in [2.75, 3.05) is 28.8 Å². The van der Waals surface area contributed by atoms with E-state index in [1.54, 1.807) is 48.5 Å². The van der Waals surface area contributed by atoms with Gasteiger partial charge < -0.3 is 15.5 Å². The quantitative estimate of drug-likeness (QED) is 0.228. The molecule has 0 aromatic heterocycles. The topological polar surface area (TPSA) is 140 Å². The fourth-order valence-corrected chi connectivity index (χ4v) is 5.45. The van der Waals surface area contributed by atoms with Crippen molar-refractivity contribution in [1.82, 2.24) is 10.2 Å². The molecule has 1 heterocycles. The molecule has 1 aliphatic heterocycles. The normalized spacial score (nSPS) is 14.8. The number of hydrogen-bond acceptors (Lipinski definition) is 7. The van der Waals surface area contributed by atoms with Crippen LogP contribution < -0.4 is 15.5 Å². The maximum atomic E-state index is 13.6. The van der Waals surface area contributed by atoms with Crippen LogP contribution in [0, 0.1) is 11.3 Å². The second-order valence-corrected chi connectivity index (χ2v) is 13.3. The summed E-state index contributed by atoms with van der Waals surface area (Å²) in [6.45, 7) is 3.15. The Morgan fingerprint density at radius 1 is 1.02 bits per heavy atom. The number of sulfone groups is 1. The summed E-state index contributed by atoms with van der Waals surface area (Å²) < 4.78 is 63.3. The number of nitriles is 1. The minimum atomic E-state index is -4.87. The largest absolute Gasteiger partial charge is 0.417 e. The van der Waals surface area contributed by atoms with Gasteiger partial charge in [0, 0.05) is 29.7 Å². The van der Waals surface area contributed by atoms with E-state index in [0.717, 1.165) is 18.4 Å². The van der Waals surface area contributed by atoms with Crippen molar-refractivity contribution in [2.24, 2.45) is 0 Å². The lowest BCUT2D eigenvalue weighted by atomic mass is 10.0. The highest BCUT2D eigenvalue weighted by atomic mass is 32.2. The SMILES string of the molecule is CC1(C)C(=O)N(c2ccc(C#N)c(C(F)(F)F)c2)C(=O)N1Cc1ccccc1Nc1ccc(C(=O)NCCCS(C)(=O)=O)cc1. The number of carbonyl (C=O) groups excluding carboxylic acids is 3. The first-order valence-corrected chi connectivity index (χ1v) is 15.8. The van der Waals surface area contributed by atoms with E-state index in [4.69, 9.17) is 5.26 Å². The van der Waals surface area contributed by atoms with E-state index in [-0.39, 0.29) is 30.4 Å². The second-order valence-electron chi connectivity index (χ2n) is 11.0. The number of urea groups is 1. The van der Waals surface area contributed by atoms with Crippen molar-refractivity contribution in [3.05, 3.63) is 89.0 Å². The first-order valence-electron chi connectivity index (χ1n) is 13.7. The van der Waals surface area contributed by atoms with Gasteiger partial charge in [-0.15, -0.1) is 0 Å². The number of alkyl halides is 3. The summed E-state index contributed by atoms with van der Waals surface area (Å²) in [5, 5.41) is 15.0.